The van der Waals surface area contributed by atoms with E-state index in [1.807, 2.05) is 0 Å². The molecule has 0 aromatic heterocycles. The molecule has 7 heteroatoms. The Bertz CT molecular complexity index is 545. The van der Waals surface area contributed by atoms with Crippen molar-refractivity contribution in [2.45, 2.75) is 6.42 Å². The predicted octanol–water partition coefficient (Wildman–Crippen LogP) is 2.15. The van der Waals surface area contributed by atoms with E-state index in [1.54, 1.807) is 11.8 Å². The first-order valence-electron chi connectivity index (χ1n) is 6.07. The first kappa shape index (κ1) is 14.8. The second kappa shape index (κ2) is 6.21. The van der Waals surface area contributed by atoms with Crippen LogP contribution in [-0.4, -0.2) is 35.0 Å². The van der Waals surface area contributed by atoms with Gasteiger partial charge in [0.1, 0.15) is 0 Å². The molecule has 1 aliphatic rings. The van der Waals surface area contributed by atoms with Gasteiger partial charge in [-0.15, -0.1) is 0 Å². The average Bonchev–Trinajstić information content (AvgIpc) is 2.91. The average molecular weight is 301 g/mol. The van der Waals surface area contributed by atoms with Gasteiger partial charge >= 0.3 is 5.97 Å². The van der Waals surface area contributed by atoms with Crippen molar-refractivity contribution in [3.8, 4) is 0 Å². The van der Waals surface area contributed by atoms with Gasteiger partial charge in [0.05, 0.1) is 11.1 Å². The van der Waals surface area contributed by atoms with Crippen LogP contribution < -0.4 is 5.32 Å². The van der Waals surface area contributed by atoms with E-state index in [0.717, 1.165) is 17.9 Å². The highest BCUT2D eigenvalue weighted by Gasteiger charge is 2.22. The number of aromatic carboxylic acids is 1. The summed E-state index contributed by atoms with van der Waals surface area (Å²) in [6, 6.07) is 1.15. The second-order valence-corrected chi connectivity index (χ2v) is 5.71. The molecule has 1 heterocycles. The van der Waals surface area contributed by atoms with Gasteiger partial charge in [0.15, 0.2) is 11.6 Å². The number of hydrogen-bond donors (Lipinski definition) is 2. The van der Waals surface area contributed by atoms with E-state index in [4.69, 9.17) is 5.11 Å². The van der Waals surface area contributed by atoms with Gasteiger partial charge in [0, 0.05) is 6.54 Å². The Morgan fingerprint density at radius 3 is 2.50 bits per heavy atom. The number of hydrogen-bond acceptors (Lipinski definition) is 3. The fourth-order valence-electron chi connectivity index (χ4n) is 1.99. The Balaban J connectivity index is 2.15. The highest BCUT2D eigenvalue weighted by molar-refractivity contribution is 7.99. The maximum atomic E-state index is 13.2. The Labute approximate surface area is 118 Å². The molecule has 1 atom stereocenters. The monoisotopic (exact) mass is 301 g/mol. The van der Waals surface area contributed by atoms with Crippen molar-refractivity contribution in [1.29, 1.82) is 0 Å². The minimum atomic E-state index is -1.47. The smallest absolute Gasteiger partial charge is 0.336 e. The molecule has 0 saturated carbocycles. The third kappa shape index (κ3) is 3.27. The number of carboxylic acids is 1. The minimum absolute atomic E-state index is 0.336. The van der Waals surface area contributed by atoms with Crippen LogP contribution in [-0.2, 0) is 0 Å². The first-order chi connectivity index (χ1) is 9.49. The number of halogens is 2. The topological polar surface area (TPSA) is 66.4 Å². The first-order valence-corrected chi connectivity index (χ1v) is 7.22. The lowest BCUT2D eigenvalue weighted by Gasteiger charge is -2.11. The molecule has 108 valence electrons. The number of carboxylic acid groups (broad SMARTS) is 1. The molecule has 0 radical (unpaired) electrons. The molecule has 1 fully saturated rings. The van der Waals surface area contributed by atoms with Crippen molar-refractivity contribution in [1.82, 2.24) is 5.32 Å². The van der Waals surface area contributed by atoms with Gasteiger partial charge in [-0.05, 0) is 36.0 Å². The Morgan fingerprint density at radius 2 is 1.95 bits per heavy atom. The van der Waals surface area contributed by atoms with Gasteiger partial charge in [-0.2, -0.15) is 11.8 Å². The number of carbonyl (C=O) groups is 2. The van der Waals surface area contributed by atoms with Crippen LogP contribution in [0.1, 0.15) is 27.1 Å². The van der Waals surface area contributed by atoms with Crippen LogP contribution in [0.2, 0.25) is 0 Å². The Morgan fingerprint density at radius 1 is 1.30 bits per heavy atom. The molecular weight excluding hydrogens is 288 g/mol. The summed E-state index contributed by atoms with van der Waals surface area (Å²) in [5, 5.41) is 11.5. The summed E-state index contributed by atoms with van der Waals surface area (Å²) in [4.78, 5) is 22.9. The molecule has 1 unspecified atom stereocenters. The van der Waals surface area contributed by atoms with E-state index < -0.39 is 29.1 Å². The number of benzene rings is 1. The van der Waals surface area contributed by atoms with Crippen LogP contribution in [0.15, 0.2) is 12.1 Å². The van der Waals surface area contributed by atoms with Gasteiger partial charge in [-0.1, -0.05) is 0 Å². The van der Waals surface area contributed by atoms with E-state index in [2.05, 4.69) is 5.32 Å². The molecule has 2 N–H and O–H groups in total. The molecule has 1 saturated heterocycles. The van der Waals surface area contributed by atoms with Crippen molar-refractivity contribution in [2.24, 2.45) is 5.92 Å². The largest absolute Gasteiger partial charge is 0.478 e. The van der Waals surface area contributed by atoms with Crippen molar-refractivity contribution < 1.29 is 23.5 Å². The lowest BCUT2D eigenvalue weighted by atomic mass is 10.1. The van der Waals surface area contributed by atoms with E-state index in [0.29, 0.717) is 24.6 Å². The van der Waals surface area contributed by atoms with Gasteiger partial charge in [0.2, 0.25) is 0 Å². The molecule has 20 heavy (non-hydrogen) atoms. The fourth-order valence-corrected chi connectivity index (χ4v) is 3.27. The maximum Gasteiger partial charge on any atom is 0.336 e. The zero-order chi connectivity index (χ0) is 14.7. The quantitative estimate of drug-likeness (QED) is 0.894. The maximum absolute atomic E-state index is 13.2. The zero-order valence-corrected chi connectivity index (χ0v) is 11.3. The number of nitrogens with one attached hydrogen (secondary N) is 1. The van der Waals surface area contributed by atoms with Crippen molar-refractivity contribution in [3.63, 3.8) is 0 Å². The standard InChI is InChI=1S/C13H13F2NO3S/c14-10-3-8(9(13(18)19)4-11(10)15)12(17)16-5-7-1-2-20-6-7/h3-4,7H,1-2,5-6H2,(H,16,17)(H,18,19). The Kier molecular flexibility index (Phi) is 4.59. The van der Waals surface area contributed by atoms with E-state index >= 15 is 0 Å². The normalized spacial score (nSPS) is 18.0. The summed E-state index contributed by atoms with van der Waals surface area (Å²) in [5.41, 5.74) is -0.899. The molecule has 1 aliphatic heterocycles. The third-order valence-corrected chi connectivity index (χ3v) is 4.34. The highest BCUT2D eigenvalue weighted by Crippen LogP contribution is 2.23. The SMILES string of the molecule is O=C(O)c1cc(F)c(F)cc1C(=O)NCC1CCSC1. The molecule has 0 aliphatic carbocycles. The van der Waals surface area contributed by atoms with E-state index in [1.165, 1.54) is 0 Å². The highest BCUT2D eigenvalue weighted by atomic mass is 32.2. The van der Waals surface area contributed by atoms with Gasteiger partial charge in [-0.25, -0.2) is 13.6 Å². The lowest BCUT2D eigenvalue weighted by Crippen LogP contribution is -2.30. The third-order valence-electron chi connectivity index (χ3n) is 3.11. The number of rotatable bonds is 4. The van der Waals surface area contributed by atoms with Crippen molar-refractivity contribution >= 4 is 23.6 Å². The van der Waals surface area contributed by atoms with Crippen LogP contribution in [0, 0.1) is 17.6 Å². The van der Waals surface area contributed by atoms with Gasteiger partial charge < -0.3 is 10.4 Å². The summed E-state index contributed by atoms with van der Waals surface area (Å²) in [5.74, 6) is -2.38. The van der Waals surface area contributed by atoms with E-state index in [-0.39, 0.29) is 5.56 Å². The van der Waals surface area contributed by atoms with Crippen molar-refractivity contribution in [3.05, 3.63) is 34.9 Å². The van der Waals surface area contributed by atoms with E-state index in [9.17, 15) is 18.4 Å². The number of thioether (sulfide) groups is 1. The number of amides is 1. The zero-order valence-electron chi connectivity index (χ0n) is 10.5. The second-order valence-electron chi connectivity index (χ2n) is 4.56. The predicted molar refractivity (Wildman–Crippen MR) is 71.1 cm³/mol. The summed E-state index contributed by atoms with van der Waals surface area (Å²) >= 11 is 1.79. The molecule has 0 spiro atoms. The molecule has 2 rings (SSSR count). The molecule has 1 amide bonds. The molecule has 0 bridgehead atoms. The van der Waals surface area contributed by atoms with Crippen molar-refractivity contribution in [2.75, 3.05) is 18.1 Å². The number of carbonyl (C=O) groups excluding carboxylic acids is 1. The van der Waals surface area contributed by atoms with Crippen LogP contribution in [0.4, 0.5) is 8.78 Å². The summed E-state index contributed by atoms with van der Waals surface area (Å²) in [6.07, 6.45) is 0.981. The Hall–Kier alpha value is -1.63. The van der Waals surface area contributed by atoms with Crippen LogP contribution in [0.3, 0.4) is 0 Å². The minimum Gasteiger partial charge on any atom is -0.478 e. The fraction of sp³-hybridized carbons (Fsp3) is 0.385. The van der Waals surface area contributed by atoms with Gasteiger partial charge in [0.25, 0.3) is 5.91 Å². The molecular formula is C13H13F2NO3S. The van der Waals surface area contributed by atoms with Crippen LogP contribution in [0.25, 0.3) is 0 Å². The van der Waals surface area contributed by atoms with Gasteiger partial charge in [-0.3, -0.25) is 4.79 Å². The molecule has 1 aromatic carbocycles. The lowest BCUT2D eigenvalue weighted by molar-refractivity contribution is 0.0690. The summed E-state index contributed by atoms with van der Waals surface area (Å²) < 4.78 is 26.2. The molecule has 1 aromatic rings. The van der Waals surface area contributed by atoms with Crippen LogP contribution >= 0.6 is 11.8 Å². The van der Waals surface area contributed by atoms with Crippen LogP contribution in [0.5, 0.6) is 0 Å². The molecule has 4 nitrogen and oxygen atoms in total. The summed E-state index contributed by atoms with van der Waals surface area (Å²) in [7, 11) is 0. The summed E-state index contributed by atoms with van der Waals surface area (Å²) in [6.45, 7) is 0.407.